The molecule has 0 aromatic carbocycles. The molecule has 0 bridgehead atoms. The summed E-state index contributed by atoms with van der Waals surface area (Å²) >= 11 is 5.79. The fourth-order valence-electron chi connectivity index (χ4n) is 1.62. The van der Waals surface area contributed by atoms with Gasteiger partial charge in [-0.25, -0.2) is 4.98 Å². The summed E-state index contributed by atoms with van der Waals surface area (Å²) in [5.41, 5.74) is 5.75. The first-order valence-corrected chi connectivity index (χ1v) is 5.48. The van der Waals surface area contributed by atoms with E-state index in [0.29, 0.717) is 23.5 Å². The van der Waals surface area contributed by atoms with Crippen molar-refractivity contribution in [1.82, 2.24) is 4.98 Å². The van der Waals surface area contributed by atoms with Crippen LogP contribution in [0.4, 0.5) is 5.82 Å². The third kappa shape index (κ3) is 3.08. The maximum Gasteiger partial charge on any atom is 0.128 e. The van der Waals surface area contributed by atoms with E-state index in [1.54, 1.807) is 6.20 Å². The zero-order valence-electron chi connectivity index (χ0n) is 9.44. The van der Waals surface area contributed by atoms with Gasteiger partial charge in [0.1, 0.15) is 5.82 Å². The van der Waals surface area contributed by atoms with Crippen LogP contribution in [-0.4, -0.2) is 24.6 Å². The molecule has 0 amide bonds. The molecule has 0 saturated carbocycles. The molecule has 1 aromatic rings. The molecular weight excluding hydrogens is 210 g/mol. The normalized spacial score (nSPS) is 12.9. The van der Waals surface area contributed by atoms with Crippen molar-refractivity contribution in [3.05, 3.63) is 23.4 Å². The lowest BCUT2D eigenvalue weighted by Crippen LogP contribution is -2.42. The third-order valence-corrected chi connectivity index (χ3v) is 2.81. The lowest BCUT2D eigenvalue weighted by Gasteiger charge is -2.31. The summed E-state index contributed by atoms with van der Waals surface area (Å²) in [5.74, 6) is 1.40. The Morgan fingerprint density at radius 1 is 1.47 bits per heavy atom. The number of hydrogen-bond donors (Lipinski definition) is 1. The average molecular weight is 228 g/mol. The Labute approximate surface area is 96.2 Å². The lowest BCUT2D eigenvalue weighted by atomic mass is 10.0. The highest BCUT2D eigenvalue weighted by molar-refractivity contribution is 6.30. The molecule has 1 heterocycles. The maximum atomic E-state index is 5.79. The molecular formula is C11H18ClN3. The first-order valence-electron chi connectivity index (χ1n) is 5.10. The van der Waals surface area contributed by atoms with E-state index >= 15 is 0 Å². The van der Waals surface area contributed by atoms with Crippen molar-refractivity contribution in [2.45, 2.75) is 19.9 Å². The van der Waals surface area contributed by atoms with Crippen molar-refractivity contribution in [3.63, 3.8) is 0 Å². The summed E-state index contributed by atoms with van der Waals surface area (Å²) < 4.78 is 0. The van der Waals surface area contributed by atoms with Gasteiger partial charge in [0, 0.05) is 25.8 Å². The van der Waals surface area contributed by atoms with E-state index in [4.69, 9.17) is 17.3 Å². The number of nitrogens with two attached hydrogens (primary N) is 1. The Kier molecular flexibility index (Phi) is 4.36. The minimum Gasteiger partial charge on any atom is -0.355 e. The predicted octanol–water partition coefficient (Wildman–Crippen LogP) is 2.15. The average Bonchev–Trinajstić information content (AvgIpc) is 2.19. The number of rotatable bonds is 4. The van der Waals surface area contributed by atoms with Gasteiger partial charge in [-0.3, -0.25) is 0 Å². The van der Waals surface area contributed by atoms with Gasteiger partial charge in [0.15, 0.2) is 0 Å². The highest BCUT2D eigenvalue weighted by atomic mass is 35.5. The van der Waals surface area contributed by atoms with Crippen LogP contribution in [0, 0.1) is 5.92 Å². The number of likely N-dealkylation sites (N-methyl/N-ethyl adjacent to an activating group) is 1. The molecule has 84 valence electrons. The monoisotopic (exact) mass is 227 g/mol. The van der Waals surface area contributed by atoms with Gasteiger partial charge in [-0.05, 0) is 18.1 Å². The SMILES string of the molecule is CC(C)[C@@H](CN)N(C)c1ccc(Cl)cn1. The van der Waals surface area contributed by atoms with Gasteiger partial charge in [0.25, 0.3) is 0 Å². The van der Waals surface area contributed by atoms with Crippen molar-refractivity contribution in [2.24, 2.45) is 11.7 Å². The number of anilines is 1. The van der Waals surface area contributed by atoms with E-state index in [-0.39, 0.29) is 0 Å². The van der Waals surface area contributed by atoms with Crippen LogP contribution in [0.3, 0.4) is 0 Å². The summed E-state index contributed by atoms with van der Waals surface area (Å²) in [4.78, 5) is 6.37. The number of pyridine rings is 1. The molecule has 0 aliphatic heterocycles. The summed E-state index contributed by atoms with van der Waals surface area (Å²) in [5, 5.41) is 0.654. The standard InChI is InChI=1S/C11H18ClN3/c1-8(2)10(6-13)15(3)11-5-4-9(12)7-14-11/h4-5,7-8,10H,6,13H2,1-3H3/t10-/m1/s1. The third-order valence-electron chi connectivity index (χ3n) is 2.58. The largest absolute Gasteiger partial charge is 0.355 e. The molecule has 1 atom stereocenters. The molecule has 0 radical (unpaired) electrons. The van der Waals surface area contributed by atoms with Crippen LogP contribution in [0.1, 0.15) is 13.8 Å². The Bertz CT molecular complexity index is 297. The number of nitrogens with zero attached hydrogens (tertiary/aromatic N) is 2. The molecule has 2 N–H and O–H groups in total. The number of halogens is 1. The quantitative estimate of drug-likeness (QED) is 0.857. The Balaban J connectivity index is 2.82. The van der Waals surface area contributed by atoms with Crippen molar-refractivity contribution in [3.8, 4) is 0 Å². The molecule has 1 aromatic heterocycles. The predicted molar refractivity (Wildman–Crippen MR) is 65.3 cm³/mol. The van der Waals surface area contributed by atoms with Gasteiger partial charge < -0.3 is 10.6 Å². The topological polar surface area (TPSA) is 42.1 Å². The lowest BCUT2D eigenvalue weighted by molar-refractivity contribution is 0.477. The van der Waals surface area contributed by atoms with E-state index < -0.39 is 0 Å². The first-order chi connectivity index (χ1) is 7.06. The summed E-state index contributed by atoms with van der Waals surface area (Å²) in [7, 11) is 2.01. The highest BCUT2D eigenvalue weighted by Crippen LogP contribution is 2.18. The van der Waals surface area contributed by atoms with Crippen molar-refractivity contribution in [2.75, 3.05) is 18.5 Å². The minimum absolute atomic E-state index is 0.304. The zero-order valence-corrected chi connectivity index (χ0v) is 10.2. The van der Waals surface area contributed by atoms with E-state index in [1.165, 1.54) is 0 Å². The molecule has 0 saturated heterocycles. The molecule has 3 nitrogen and oxygen atoms in total. The maximum absolute atomic E-state index is 5.79. The minimum atomic E-state index is 0.304. The molecule has 0 fully saturated rings. The summed E-state index contributed by atoms with van der Waals surface area (Å²) in [6, 6.07) is 4.06. The van der Waals surface area contributed by atoms with Crippen molar-refractivity contribution in [1.29, 1.82) is 0 Å². The fourth-order valence-corrected chi connectivity index (χ4v) is 1.74. The molecule has 0 unspecified atom stereocenters. The molecule has 4 heteroatoms. The molecule has 0 aliphatic carbocycles. The smallest absolute Gasteiger partial charge is 0.128 e. The van der Waals surface area contributed by atoms with Crippen LogP contribution >= 0.6 is 11.6 Å². The van der Waals surface area contributed by atoms with E-state index in [1.807, 2.05) is 19.2 Å². The van der Waals surface area contributed by atoms with Crippen molar-refractivity contribution >= 4 is 17.4 Å². The Hall–Kier alpha value is -0.800. The first kappa shape index (κ1) is 12.3. The van der Waals surface area contributed by atoms with Crippen molar-refractivity contribution < 1.29 is 0 Å². The van der Waals surface area contributed by atoms with Gasteiger partial charge in [0.05, 0.1) is 5.02 Å². The van der Waals surface area contributed by atoms with Crippen LogP contribution in [0.15, 0.2) is 18.3 Å². The van der Waals surface area contributed by atoms with Crippen LogP contribution in [-0.2, 0) is 0 Å². The summed E-state index contributed by atoms with van der Waals surface area (Å²) in [6.45, 7) is 4.94. The van der Waals surface area contributed by atoms with Gasteiger partial charge in [-0.1, -0.05) is 25.4 Å². The Morgan fingerprint density at radius 2 is 2.13 bits per heavy atom. The molecule has 15 heavy (non-hydrogen) atoms. The highest BCUT2D eigenvalue weighted by Gasteiger charge is 2.17. The number of hydrogen-bond acceptors (Lipinski definition) is 3. The van der Waals surface area contributed by atoms with Crippen LogP contribution in [0.5, 0.6) is 0 Å². The van der Waals surface area contributed by atoms with E-state index in [0.717, 1.165) is 5.82 Å². The van der Waals surface area contributed by atoms with E-state index in [2.05, 4.69) is 23.7 Å². The van der Waals surface area contributed by atoms with Crippen LogP contribution < -0.4 is 10.6 Å². The second-order valence-corrected chi connectivity index (χ2v) is 4.43. The number of aromatic nitrogens is 1. The summed E-state index contributed by atoms with van der Waals surface area (Å²) in [6.07, 6.45) is 1.65. The molecule has 0 spiro atoms. The second kappa shape index (κ2) is 5.33. The Morgan fingerprint density at radius 3 is 2.53 bits per heavy atom. The fraction of sp³-hybridized carbons (Fsp3) is 0.545. The van der Waals surface area contributed by atoms with Gasteiger partial charge in [0.2, 0.25) is 0 Å². The van der Waals surface area contributed by atoms with Crippen LogP contribution in [0.2, 0.25) is 5.02 Å². The molecule has 0 aliphatic rings. The zero-order chi connectivity index (χ0) is 11.4. The van der Waals surface area contributed by atoms with E-state index in [9.17, 15) is 0 Å². The van der Waals surface area contributed by atoms with Crippen LogP contribution in [0.25, 0.3) is 0 Å². The van der Waals surface area contributed by atoms with Gasteiger partial charge >= 0.3 is 0 Å². The van der Waals surface area contributed by atoms with Gasteiger partial charge in [-0.15, -0.1) is 0 Å². The molecule has 1 rings (SSSR count). The van der Waals surface area contributed by atoms with Gasteiger partial charge in [-0.2, -0.15) is 0 Å². The second-order valence-electron chi connectivity index (χ2n) is 3.99.